The van der Waals surface area contributed by atoms with Crippen LogP contribution in [-0.4, -0.2) is 36.2 Å². The van der Waals surface area contributed by atoms with Gasteiger partial charge in [0.25, 0.3) is 0 Å². The SMILES string of the molecule is CO[Si](OC)OCCCCCl. The Bertz CT molecular complexity index is 80.2. The fraction of sp³-hybridized carbons (Fsp3) is 1.00. The molecule has 0 atom stereocenters. The first-order valence-corrected chi connectivity index (χ1v) is 5.24. The van der Waals surface area contributed by atoms with Gasteiger partial charge in [-0.05, 0) is 12.8 Å². The van der Waals surface area contributed by atoms with Crippen molar-refractivity contribution in [2.45, 2.75) is 12.8 Å². The van der Waals surface area contributed by atoms with Gasteiger partial charge in [0, 0.05) is 26.7 Å². The lowest BCUT2D eigenvalue weighted by molar-refractivity contribution is 0.134. The molecule has 0 aliphatic rings. The van der Waals surface area contributed by atoms with Crippen molar-refractivity contribution in [2.24, 2.45) is 0 Å². The van der Waals surface area contributed by atoms with Crippen LogP contribution in [0.4, 0.5) is 0 Å². The predicted molar refractivity (Wildman–Crippen MR) is 45.7 cm³/mol. The Morgan fingerprint density at radius 2 is 1.82 bits per heavy atom. The van der Waals surface area contributed by atoms with E-state index in [0.717, 1.165) is 12.8 Å². The summed E-state index contributed by atoms with van der Waals surface area (Å²) in [5.41, 5.74) is 0. The molecule has 1 radical (unpaired) electrons. The Labute approximate surface area is 74.6 Å². The quantitative estimate of drug-likeness (QED) is 0.350. The van der Waals surface area contributed by atoms with Crippen LogP contribution in [0.15, 0.2) is 0 Å². The normalized spacial score (nSPS) is 10.9. The van der Waals surface area contributed by atoms with Gasteiger partial charge in [-0.2, -0.15) is 0 Å². The molecule has 0 bridgehead atoms. The van der Waals surface area contributed by atoms with E-state index in [2.05, 4.69) is 0 Å². The van der Waals surface area contributed by atoms with Gasteiger partial charge in [-0.25, -0.2) is 0 Å². The molecule has 0 aromatic rings. The summed E-state index contributed by atoms with van der Waals surface area (Å²) in [6.45, 7) is 0.669. The molecular weight excluding hydrogens is 184 g/mol. The third-order valence-corrected chi connectivity index (χ3v) is 2.45. The lowest BCUT2D eigenvalue weighted by Crippen LogP contribution is -2.24. The van der Waals surface area contributed by atoms with E-state index >= 15 is 0 Å². The number of unbranched alkanes of at least 4 members (excludes halogenated alkanes) is 1. The summed E-state index contributed by atoms with van der Waals surface area (Å²) in [6, 6.07) is 0. The summed E-state index contributed by atoms with van der Waals surface area (Å²) in [6.07, 6.45) is 1.94. The molecule has 0 amide bonds. The average Bonchev–Trinajstić information content (AvgIpc) is 2.05. The Morgan fingerprint density at radius 3 is 2.27 bits per heavy atom. The summed E-state index contributed by atoms with van der Waals surface area (Å²) in [7, 11) is 1.72. The summed E-state index contributed by atoms with van der Waals surface area (Å²) in [4.78, 5) is 0. The molecule has 0 aliphatic carbocycles. The van der Waals surface area contributed by atoms with Crippen molar-refractivity contribution in [3.05, 3.63) is 0 Å². The van der Waals surface area contributed by atoms with Crippen molar-refractivity contribution in [1.29, 1.82) is 0 Å². The fourth-order valence-electron chi connectivity index (χ4n) is 0.553. The van der Waals surface area contributed by atoms with Gasteiger partial charge >= 0.3 is 9.53 Å². The molecule has 3 nitrogen and oxygen atoms in total. The van der Waals surface area contributed by atoms with Gasteiger partial charge in [0.05, 0.1) is 0 Å². The highest BCUT2D eigenvalue weighted by Crippen LogP contribution is 1.95. The first kappa shape index (κ1) is 11.4. The first-order valence-electron chi connectivity index (χ1n) is 3.48. The molecule has 0 rings (SSSR count). The lowest BCUT2D eigenvalue weighted by Gasteiger charge is -2.08. The molecule has 0 aliphatic heterocycles. The molecule has 5 heteroatoms. The molecular formula is C6H14ClO3Si. The standard InChI is InChI=1S/C6H14ClO3Si/c1-8-11(9-2)10-6-4-3-5-7/h3-6H2,1-2H3. The van der Waals surface area contributed by atoms with Crippen molar-refractivity contribution in [1.82, 2.24) is 0 Å². The minimum Gasteiger partial charge on any atom is -0.375 e. The monoisotopic (exact) mass is 197 g/mol. The number of alkyl halides is 1. The molecule has 0 saturated heterocycles. The molecule has 0 heterocycles. The highest BCUT2D eigenvalue weighted by atomic mass is 35.5. The molecule has 11 heavy (non-hydrogen) atoms. The van der Waals surface area contributed by atoms with Crippen LogP contribution < -0.4 is 0 Å². The van der Waals surface area contributed by atoms with Crippen LogP contribution in [-0.2, 0) is 13.3 Å². The molecule has 0 unspecified atom stereocenters. The van der Waals surface area contributed by atoms with Crippen LogP contribution in [0.3, 0.4) is 0 Å². The Morgan fingerprint density at radius 1 is 1.18 bits per heavy atom. The zero-order valence-corrected chi connectivity index (χ0v) is 8.69. The Kier molecular flexibility index (Phi) is 8.78. The van der Waals surface area contributed by atoms with E-state index in [1.54, 1.807) is 14.2 Å². The molecule has 67 valence electrons. The topological polar surface area (TPSA) is 27.7 Å². The van der Waals surface area contributed by atoms with Crippen LogP contribution in [0.2, 0.25) is 0 Å². The number of halogens is 1. The van der Waals surface area contributed by atoms with E-state index in [1.165, 1.54) is 0 Å². The number of hydrogen-bond donors (Lipinski definition) is 0. The summed E-state index contributed by atoms with van der Waals surface area (Å²) in [5.74, 6) is 0.686. The van der Waals surface area contributed by atoms with Crippen molar-refractivity contribution < 1.29 is 13.3 Å². The second kappa shape index (κ2) is 8.48. The average molecular weight is 198 g/mol. The van der Waals surface area contributed by atoms with E-state index in [0.29, 0.717) is 12.5 Å². The van der Waals surface area contributed by atoms with Gasteiger partial charge in [-0.1, -0.05) is 0 Å². The first-order chi connectivity index (χ1) is 5.35. The molecule has 0 aromatic carbocycles. The van der Waals surface area contributed by atoms with Crippen molar-refractivity contribution >= 4 is 21.1 Å². The zero-order valence-electron chi connectivity index (χ0n) is 6.93. The summed E-state index contributed by atoms with van der Waals surface area (Å²) < 4.78 is 15.0. The van der Waals surface area contributed by atoms with Crippen LogP contribution in [0.5, 0.6) is 0 Å². The second-order valence-corrected chi connectivity index (χ2v) is 3.89. The van der Waals surface area contributed by atoms with E-state index in [1.807, 2.05) is 0 Å². The minimum absolute atomic E-state index is 0.669. The fourth-order valence-corrected chi connectivity index (χ4v) is 1.46. The van der Waals surface area contributed by atoms with E-state index in [4.69, 9.17) is 24.9 Å². The number of hydrogen-bond acceptors (Lipinski definition) is 3. The van der Waals surface area contributed by atoms with Crippen LogP contribution in [0, 0.1) is 0 Å². The van der Waals surface area contributed by atoms with E-state index in [9.17, 15) is 0 Å². The van der Waals surface area contributed by atoms with Gasteiger partial charge in [0.1, 0.15) is 0 Å². The van der Waals surface area contributed by atoms with E-state index in [-0.39, 0.29) is 0 Å². The third-order valence-electron chi connectivity index (χ3n) is 1.08. The van der Waals surface area contributed by atoms with Crippen LogP contribution >= 0.6 is 11.6 Å². The second-order valence-electron chi connectivity index (χ2n) is 1.90. The smallest absolute Gasteiger partial charge is 0.375 e. The zero-order chi connectivity index (χ0) is 8.53. The van der Waals surface area contributed by atoms with E-state index < -0.39 is 9.53 Å². The number of rotatable bonds is 7. The molecule has 0 N–H and O–H groups in total. The van der Waals surface area contributed by atoms with Crippen molar-refractivity contribution in [2.75, 3.05) is 26.7 Å². The lowest BCUT2D eigenvalue weighted by atomic mass is 10.4. The van der Waals surface area contributed by atoms with Gasteiger partial charge < -0.3 is 13.3 Å². The maximum Gasteiger partial charge on any atom is 0.577 e. The Hall–Kier alpha value is 0.387. The maximum absolute atomic E-state index is 5.47. The molecule has 0 saturated carbocycles. The summed E-state index contributed by atoms with van der Waals surface area (Å²) >= 11 is 5.47. The maximum atomic E-state index is 5.47. The van der Waals surface area contributed by atoms with Gasteiger partial charge in [0.2, 0.25) is 0 Å². The minimum atomic E-state index is -1.45. The molecule has 0 spiro atoms. The van der Waals surface area contributed by atoms with Crippen molar-refractivity contribution in [3.63, 3.8) is 0 Å². The third kappa shape index (κ3) is 6.77. The van der Waals surface area contributed by atoms with Crippen molar-refractivity contribution in [3.8, 4) is 0 Å². The van der Waals surface area contributed by atoms with Crippen LogP contribution in [0.1, 0.15) is 12.8 Å². The highest BCUT2D eigenvalue weighted by molar-refractivity contribution is 6.36. The molecule has 0 fully saturated rings. The Balaban J connectivity index is 3.07. The highest BCUT2D eigenvalue weighted by Gasteiger charge is 2.13. The predicted octanol–water partition coefficient (Wildman–Crippen LogP) is 1.30. The van der Waals surface area contributed by atoms with Gasteiger partial charge in [-0.15, -0.1) is 11.6 Å². The largest absolute Gasteiger partial charge is 0.577 e. The van der Waals surface area contributed by atoms with Gasteiger partial charge in [-0.3, -0.25) is 0 Å². The molecule has 0 aromatic heterocycles. The summed E-state index contributed by atoms with van der Waals surface area (Å²) in [5, 5.41) is 0. The van der Waals surface area contributed by atoms with Crippen LogP contribution in [0.25, 0.3) is 0 Å². The van der Waals surface area contributed by atoms with Gasteiger partial charge in [0.15, 0.2) is 0 Å².